The number of hydrogen-bond donors (Lipinski definition) is 0. The van der Waals surface area contributed by atoms with Crippen LogP contribution in [0.2, 0.25) is 0 Å². The Kier molecular flexibility index (Phi) is 6.37. The minimum Gasteiger partial charge on any atom is -0.280 e. The van der Waals surface area contributed by atoms with Crippen molar-refractivity contribution in [3.05, 3.63) is 71.8 Å². The molecule has 0 spiro atoms. The zero-order chi connectivity index (χ0) is 16.8. The molecule has 2 rings (SSSR count). The lowest BCUT2D eigenvalue weighted by Crippen LogP contribution is -2.26. The zero-order valence-corrected chi connectivity index (χ0v) is 14.3. The van der Waals surface area contributed by atoms with Gasteiger partial charge in [-0.05, 0) is 46.7 Å². The molecule has 0 aliphatic rings. The molecule has 0 amide bonds. The van der Waals surface area contributed by atoms with Gasteiger partial charge in [0.25, 0.3) is 0 Å². The van der Waals surface area contributed by atoms with Gasteiger partial charge in [0.2, 0.25) is 10.5 Å². The van der Waals surface area contributed by atoms with Crippen LogP contribution >= 0.6 is 23.2 Å². The molecule has 0 saturated heterocycles. The first-order valence-corrected chi connectivity index (χ1v) is 8.25. The van der Waals surface area contributed by atoms with Crippen LogP contribution in [0.25, 0.3) is 0 Å². The molecule has 23 heavy (non-hydrogen) atoms. The molecular formula is C19H18Cl2O2. The van der Waals surface area contributed by atoms with Crippen molar-refractivity contribution in [2.45, 2.75) is 25.2 Å². The molecule has 2 aromatic rings. The van der Waals surface area contributed by atoms with Crippen molar-refractivity contribution in [1.29, 1.82) is 0 Å². The number of halogens is 2. The minimum absolute atomic E-state index is 0.163. The summed E-state index contributed by atoms with van der Waals surface area (Å²) in [5, 5.41) is -1.42. The largest absolute Gasteiger partial charge is 0.280 e. The van der Waals surface area contributed by atoms with Crippen molar-refractivity contribution < 1.29 is 9.59 Å². The van der Waals surface area contributed by atoms with Crippen LogP contribution < -0.4 is 0 Å². The van der Waals surface area contributed by atoms with Crippen LogP contribution in [0.5, 0.6) is 0 Å². The fraction of sp³-hybridized carbons (Fsp3) is 0.263. The molecular weight excluding hydrogens is 331 g/mol. The highest BCUT2D eigenvalue weighted by Crippen LogP contribution is 2.37. The van der Waals surface area contributed by atoms with Crippen LogP contribution in [0.4, 0.5) is 0 Å². The van der Waals surface area contributed by atoms with Gasteiger partial charge in [0, 0.05) is 5.92 Å². The third-order valence-corrected chi connectivity index (χ3v) is 4.57. The third kappa shape index (κ3) is 4.66. The van der Waals surface area contributed by atoms with E-state index in [2.05, 4.69) is 6.92 Å². The predicted octanol–water partition coefficient (Wildman–Crippen LogP) is 5.11. The normalized spacial score (nSPS) is 13.6. The summed E-state index contributed by atoms with van der Waals surface area (Å²) in [5.41, 5.74) is 2.04. The summed E-state index contributed by atoms with van der Waals surface area (Å²) >= 11 is 11.3. The zero-order valence-electron chi connectivity index (χ0n) is 12.8. The van der Waals surface area contributed by atoms with Gasteiger partial charge >= 0.3 is 0 Å². The molecule has 2 nitrogen and oxygen atoms in total. The lowest BCUT2D eigenvalue weighted by Gasteiger charge is -2.25. The molecule has 0 saturated carbocycles. The molecule has 4 heteroatoms. The summed E-state index contributed by atoms with van der Waals surface area (Å²) in [4.78, 5) is 23.6. The molecule has 2 atom stereocenters. The van der Waals surface area contributed by atoms with E-state index >= 15 is 0 Å². The van der Waals surface area contributed by atoms with Crippen LogP contribution in [-0.2, 0) is 9.59 Å². The van der Waals surface area contributed by atoms with Gasteiger partial charge < -0.3 is 0 Å². The second-order valence-corrected chi connectivity index (χ2v) is 6.40. The van der Waals surface area contributed by atoms with Crippen molar-refractivity contribution in [1.82, 2.24) is 0 Å². The van der Waals surface area contributed by atoms with E-state index in [-0.39, 0.29) is 11.8 Å². The van der Waals surface area contributed by atoms with E-state index in [9.17, 15) is 9.59 Å². The second-order valence-electron chi connectivity index (χ2n) is 5.65. The standard InChI is InChI=1S/C19H18Cl2O2/c1-13(14-8-4-2-5-9-14)12-16(15-10-6-3-7-11-15)17(18(20)22)19(21)23/h2-11,13,16-17H,12H2,1H3. The summed E-state index contributed by atoms with van der Waals surface area (Å²) in [6.07, 6.45) is 0.607. The first kappa shape index (κ1) is 17.7. The maximum absolute atomic E-state index is 11.8. The van der Waals surface area contributed by atoms with E-state index in [1.807, 2.05) is 60.7 Å². The van der Waals surface area contributed by atoms with Crippen molar-refractivity contribution in [3.63, 3.8) is 0 Å². The van der Waals surface area contributed by atoms with Crippen molar-refractivity contribution in [2.24, 2.45) is 5.92 Å². The average molecular weight is 349 g/mol. The third-order valence-electron chi connectivity index (χ3n) is 4.10. The van der Waals surface area contributed by atoms with Crippen LogP contribution in [0.15, 0.2) is 60.7 Å². The van der Waals surface area contributed by atoms with Crippen LogP contribution in [0, 0.1) is 5.92 Å². The Morgan fingerprint density at radius 3 is 1.70 bits per heavy atom. The van der Waals surface area contributed by atoms with Gasteiger partial charge in [-0.2, -0.15) is 0 Å². The van der Waals surface area contributed by atoms with E-state index in [0.29, 0.717) is 6.42 Å². The summed E-state index contributed by atoms with van der Waals surface area (Å²) < 4.78 is 0. The Labute approximate surface area is 146 Å². The minimum atomic E-state index is -1.04. The maximum Gasteiger partial charge on any atom is 0.234 e. The van der Waals surface area contributed by atoms with Gasteiger partial charge in [-0.15, -0.1) is 0 Å². The highest BCUT2D eigenvalue weighted by Gasteiger charge is 2.34. The average Bonchev–Trinajstić information content (AvgIpc) is 2.55. The van der Waals surface area contributed by atoms with Gasteiger partial charge in [0.15, 0.2) is 0 Å². The highest BCUT2D eigenvalue weighted by atomic mass is 35.5. The quantitative estimate of drug-likeness (QED) is 0.514. The van der Waals surface area contributed by atoms with E-state index in [1.54, 1.807) is 0 Å². The lowest BCUT2D eigenvalue weighted by molar-refractivity contribution is -0.124. The monoisotopic (exact) mass is 348 g/mol. The second kappa shape index (κ2) is 8.28. The first-order chi connectivity index (χ1) is 11.0. The van der Waals surface area contributed by atoms with Crippen molar-refractivity contribution >= 4 is 33.7 Å². The van der Waals surface area contributed by atoms with E-state index < -0.39 is 16.4 Å². The summed E-state index contributed by atoms with van der Waals surface area (Å²) in [6.45, 7) is 2.07. The number of rotatable bonds is 7. The van der Waals surface area contributed by atoms with Crippen LogP contribution in [-0.4, -0.2) is 10.5 Å². The molecule has 0 aliphatic carbocycles. The van der Waals surface area contributed by atoms with Gasteiger partial charge in [0.05, 0.1) is 0 Å². The molecule has 2 unspecified atom stereocenters. The molecule has 0 fully saturated rings. The van der Waals surface area contributed by atoms with E-state index in [0.717, 1.165) is 11.1 Å². The molecule has 120 valence electrons. The van der Waals surface area contributed by atoms with Crippen molar-refractivity contribution in [3.8, 4) is 0 Å². The number of hydrogen-bond acceptors (Lipinski definition) is 2. The lowest BCUT2D eigenvalue weighted by atomic mass is 9.79. The maximum atomic E-state index is 11.8. The Morgan fingerprint density at radius 2 is 1.26 bits per heavy atom. The molecule has 0 aromatic heterocycles. The molecule has 0 bridgehead atoms. The van der Waals surface area contributed by atoms with Crippen molar-refractivity contribution in [2.75, 3.05) is 0 Å². The Balaban J connectivity index is 2.34. The Hall–Kier alpha value is -1.64. The Morgan fingerprint density at radius 1 is 0.826 bits per heavy atom. The van der Waals surface area contributed by atoms with Gasteiger partial charge in [-0.1, -0.05) is 67.6 Å². The van der Waals surface area contributed by atoms with E-state index in [1.165, 1.54) is 0 Å². The fourth-order valence-corrected chi connectivity index (χ4v) is 3.43. The molecule has 0 aliphatic heterocycles. The smallest absolute Gasteiger partial charge is 0.234 e. The Bertz CT molecular complexity index is 642. The molecule has 2 aromatic carbocycles. The number of carbonyl (C=O) groups is 2. The molecule has 0 radical (unpaired) electrons. The summed E-state index contributed by atoms with van der Waals surface area (Å²) in [5.74, 6) is -1.22. The number of benzene rings is 2. The van der Waals surface area contributed by atoms with E-state index in [4.69, 9.17) is 23.2 Å². The first-order valence-electron chi connectivity index (χ1n) is 7.49. The highest BCUT2D eigenvalue weighted by molar-refractivity contribution is 6.73. The molecule has 0 N–H and O–H groups in total. The van der Waals surface area contributed by atoms with Crippen LogP contribution in [0.1, 0.15) is 36.3 Å². The van der Waals surface area contributed by atoms with Gasteiger partial charge in [-0.3, -0.25) is 9.59 Å². The summed E-state index contributed by atoms with van der Waals surface area (Å²) in [7, 11) is 0. The van der Waals surface area contributed by atoms with Gasteiger partial charge in [-0.25, -0.2) is 0 Å². The van der Waals surface area contributed by atoms with Crippen LogP contribution in [0.3, 0.4) is 0 Å². The van der Waals surface area contributed by atoms with Gasteiger partial charge in [0.1, 0.15) is 5.92 Å². The summed E-state index contributed by atoms with van der Waals surface area (Å²) in [6, 6.07) is 19.4. The number of carbonyl (C=O) groups excluding carboxylic acids is 2. The SMILES string of the molecule is CC(CC(c1ccccc1)C(C(=O)Cl)C(=O)Cl)c1ccccc1. The predicted molar refractivity (Wildman–Crippen MR) is 93.9 cm³/mol. The fourth-order valence-electron chi connectivity index (χ4n) is 2.87. The molecule has 0 heterocycles. The topological polar surface area (TPSA) is 34.1 Å².